The summed E-state index contributed by atoms with van der Waals surface area (Å²) < 4.78 is 100. The van der Waals surface area contributed by atoms with Gasteiger partial charge in [-0.15, -0.1) is 0 Å². The predicted octanol–water partition coefficient (Wildman–Crippen LogP) is 7.84. The number of nitriles is 2. The Kier molecular flexibility index (Phi) is 18.9. The van der Waals surface area contributed by atoms with E-state index in [1.807, 2.05) is 12.1 Å². The molecule has 0 aliphatic rings. The Bertz CT molecular complexity index is 2120. The molecule has 0 saturated heterocycles. The van der Waals surface area contributed by atoms with Crippen LogP contribution in [0.25, 0.3) is 0 Å². The predicted molar refractivity (Wildman–Crippen MR) is 206 cm³/mol. The topological polar surface area (TPSA) is 138 Å². The molecule has 5 rings (SSSR count). The number of Topliss-reactive ketones (excluding diaryl/α,β-unsaturated/α-hetero) is 1. The van der Waals surface area contributed by atoms with Crippen molar-refractivity contribution < 1.29 is 63.7 Å². The van der Waals surface area contributed by atoms with E-state index < -0.39 is 52.0 Å². The number of hydrogen-bond donors (Lipinski definition) is 1. The molecule has 1 N–H and O–H groups in total. The van der Waals surface area contributed by atoms with Crippen molar-refractivity contribution in [3.63, 3.8) is 0 Å². The fraction of sp³-hybridized carbons (Fsp3) is 0.184. The van der Waals surface area contributed by atoms with Gasteiger partial charge in [0.1, 0.15) is 46.0 Å². The zero-order chi connectivity index (χ0) is 40.8. The van der Waals surface area contributed by atoms with Crippen LogP contribution in [0.3, 0.4) is 0 Å². The summed E-state index contributed by atoms with van der Waals surface area (Å²) >= 11 is 5.30. The molecule has 9 nitrogen and oxygen atoms in total. The van der Waals surface area contributed by atoms with E-state index >= 15 is 8.78 Å². The van der Waals surface area contributed by atoms with Gasteiger partial charge in [-0.1, -0.05) is 7.43 Å². The first kappa shape index (κ1) is 48.0. The number of carbonyl (C=O) groups excluding carboxylic acids is 1. The van der Waals surface area contributed by atoms with Gasteiger partial charge < -0.3 is 19.3 Å². The number of benzene rings is 3. The molecule has 3 aromatic carbocycles. The number of ether oxygens (including phenoxy) is 3. The van der Waals surface area contributed by atoms with Gasteiger partial charge in [0.15, 0.2) is 0 Å². The van der Waals surface area contributed by atoms with Gasteiger partial charge in [0.05, 0.1) is 41.2 Å². The van der Waals surface area contributed by atoms with Crippen LogP contribution < -0.4 is 22.7 Å². The first-order valence-corrected chi connectivity index (χ1v) is 27.9. The number of nitrogens with zero attached hydrogens (tertiary/aromatic N) is 4. The second-order valence-electron chi connectivity index (χ2n) is 10.7. The molecule has 5 aromatic rings. The van der Waals surface area contributed by atoms with Gasteiger partial charge in [0, 0.05) is 19.6 Å². The molecule has 1 atom stereocenters. The van der Waals surface area contributed by atoms with Crippen molar-refractivity contribution in [2.45, 2.75) is 38.9 Å². The van der Waals surface area contributed by atoms with E-state index in [2.05, 4.69) is 47.2 Å². The van der Waals surface area contributed by atoms with Crippen molar-refractivity contribution >= 4 is 43.0 Å². The van der Waals surface area contributed by atoms with Crippen LogP contribution in [0.4, 0.5) is 26.3 Å². The molecule has 0 fully saturated rings. The Morgan fingerprint density at radius 1 is 0.768 bits per heavy atom. The fourth-order valence-corrected chi connectivity index (χ4v) is 4.38. The molecule has 18 heteroatoms. The summed E-state index contributed by atoms with van der Waals surface area (Å²) in [4.78, 5) is 18.0. The zero-order valence-electron chi connectivity index (χ0n) is 28.3. The van der Waals surface area contributed by atoms with Gasteiger partial charge in [0.25, 0.3) is 5.79 Å². The third-order valence-electron chi connectivity index (χ3n) is 7.07. The SMILES string of the molecule is C.CC(=O)C(F)(F)c1ccc(Oc2ccc(C#N)cc2)cn1.CCOC(O)(c1ccc(F)cc1F)C(F)(F)c1ccc(Oc2ccc(C#N)cc2)cn1.I[I-]I. The van der Waals surface area contributed by atoms with Crippen LogP contribution in [0.5, 0.6) is 23.0 Å². The molecule has 0 aliphatic heterocycles. The molecule has 0 saturated carbocycles. The van der Waals surface area contributed by atoms with Crippen LogP contribution in [0.15, 0.2) is 103 Å². The summed E-state index contributed by atoms with van der Waals surface area (Å²) in [6.07, 6.45) is 2.11. The molecule has 0 bridgehead atoms. The minimum absolute atomic E-state index is 0. The van der Waals surface area contributed by atoms with Crippen LogP contribution >= 0.6 is 37.2 Å². The van der Waals surface area contributed by atoms with E-state index in [9.17, 15) is 27.5 Å². The number of halogens is 9. The Balaban J connectivity index is 0.000000377. The standard InChI is InChI=1S/C22H16F4N2O3.C15H10F2N2O2.CH4.I3/c1-2-30-22(29,18-9-5-15(23)11-19(18)24)21(25,26)20-10-8-17(13-28-20)31-16-6-3-14(12-27)4-7-16;1-10(20)15(16,17)14-7-6-13(9-19-14)21-12-4-2-11(8-18)3-5-12;;1-3-2/h3-11,13,29H,2H2,1H3;2-7,9H,1H3;1H4;/q;;;-1. The normalized spacial score (nSPS) is 11.8. The van der Waals surface area contributed by atoms with E-state index in [-0.39, 0.29) is 25.5 Å². The van der Waals surface area contributed by atoms with E-state index in [1.54, 1.807) is 24.3 Å². The van der Waals surface area contributed by atoms with Gasteiger partial charge in [0.2, 0.25) is 5.78 Å². The number of hydrogen-bond acceptors (Lipinski definition) is 9. The Morgan fingerprint density at radius 2 is 1.20 bits per heavy atom. The van der Waals surface area contributed by atoms with Crippen molar-refractivity contribution in [3.8, 4) is 35.1 Å². The molecule has 0 aliphatic carbocycles. The first-order valence-electron chi connectivity index (χ1n) is 15.3. The average Bonchev–Trinajstić information content (AvgIpc) is 3.16. The van der Waals surface area contributed by atoms with Gasteiger partial charge in [-0.2, -0.15) is 28.1 Å². The van der Waals surface area contributed by atoms with Gasteiger partial charge in [-0.3, -0.25) is 14.8 Å². The van der Waals surface area contributed by atoms with Gasteiger partial charge in [-0.25, -0.2) is 8.78 Å². The van der Waals surface area contributed by atoms with Gasteiger partial charge >= 0.3 is 62.3 Å². The van der Waals surface area contributed by atoms with Gasteiger partial charge in [-0.05, 0) is 91.9 Å². The molecule has 0 radical (unpaired) electrons. The molecule has 0 amide bonds. The molecule has 296 valence electrons. The Morgan fingerprint density at radius 3 is 1.55 bits per heavy atom. The van der Waals surface area contributed by atoms with E-state index in [1.165, 1.54) is 43.3 Å². The number of aromatic nitrogens is 2. The summed E-state index contributed by atoms with van der Waals surface area (Å²) in [5, 5.41) is 28.1. The van der Waals surface area contributed by atoms with Crippen molar-refractivity contribution in [2.24, 2.45) is 0 Å². The number of alkyl halides is 4. The maximum atomic E-state index is 15.2. The minimum atomic E-state index is -4.20. The van der Waals surface area contributed by atoms with Crippen LogP contribution in [0.2, 0.25) is 0 Å². The Labute approximate surface area is 348 Å². The molecule has 56 heavy (non-hydrogen) atoms. The van der Waals surface area contributed by atoms with Crippen molar-refractivity contribution in [1.82, 2.24) is 9.97 Å². The van der Waals surface area contributed by atoms with Crippen molar-refractivity contribution in [2.75, 3.05) is 6.61 Å². The van der Waals surface area contributed by atoms with Crippen LogP contribution in [-0.4, -0.2) is 27.5 Å². The summed E-state index contributed by atoms with van der Waals surface area (Å²) in [7, 11) is 0. The monoisotopic (exact) mass is 1120 g/mol. The summed E-state index contributed by atoms with van der Waals surface area (Å²) in [5.41, 5.74) is -1.57. The number of carbonyl (C=O) groups is 1. The van der Waals surface area contributed by atoms with Crippen molar-refractivity contribution in [1.29, 1.82) is 10.5 Å². The van der Waals surface area contributed by atoms with Crippen LogP contribution in [0, 0.1) is 34.3 Å². The molecular formula is C38H30F6I3N4O5-. The summed E-state index contributed by atoms with van der Waals surface area (Å²) in [6.45, 7) is 1.76. The average molecular weight is 1120 g/mol. The number of ketones is 1. The number of aliphatic hydroxyl groups is 1. The molecule has 2 aromatic heterocycles. The summed E-state index contributed by atoms with van der Waals surface area (Å²) in [5.74, 6) is -13.7. The maximum absolute atomic E-state index is 15.2. The van der Waals surface area contributed by atoms with Crippen LogP contribution in [0.1, 0.15) is 49.4 Å². The molecule has 0 spiro atoms. The first-order chi connectivity index (χ1) is 26.1. The third-order valence-corrected chi connectivity index (χ3v) is 7.07. The third kappa shape index (κ3) is 12.4. The summed E-state index contributed by atoms with van der Waals surface area (Å²) in [6, 6.07) is 22.5. The quantitative estimate of drug-likeness (QED) is 0.0797. The fourth-order valence-electron chi connectivity index (χ4n) is 4.38. The molecule has 2 heterocycles. The van der Waals surface area contributed by atoms with E-state index in [0.29, 0.717) is 48.0 Å². The second-order valence-corrected chi connectivity index (χ2v) is 26.9. The Hall–Kier alpha value is -4.10. The van der Waals surface area contributed by atoms with E-state index in [4.69, 9.17) is 24.7 Å². The molecule has 1 unspecified atom stereocenters. The van der Waals surface area contributed by atoms with E-state index in [0.717, 1.165) is 37.5 Å². The zero-order valence-corrected chi connectivity index (χ0v) is 34.8. The molecular weight excluding hydrogens is 1090 g/mol. The number of rotatable bonds is 11. The number of pyridine rings is 2. The van der Waals surface area contributed by atoms with Crippen molar-refractivity contribution in [3.05, 3.63) is 143 Å². The van der Waals surface area contributed by atoms with Crippen LogP contribution in [-0.2, 0) is 27.2 Å². The second kappa shape index (κ2) is 22.0.